The predicted octanol–water partition coefficient (Wildman–Crippen LogP) is 4.04. The van der Waals surface area contributed by atoms with E-state index in [-0.39, 0.29) is 18.5 Å². The van der Waals surface area contributed by atoms with Crippen molar-refractivity contribution in [1.29, 1.82) is 0 Å². The number of carbonyl (C=O) groups excluding carboxylic acids is 2. The Morgan fingerprint density at radius 1 is 1.12 bits per heavy atom. The monoisotopic (exact) mass is 605 g/mol. The van der Waals surface area contributed by atoms with E-state index in [1.165, 1.54) is 4.90 Å². The van der Waals surface area contributed by atoms with Gasteiger partial charge < -0.3 is 10.2 Å². The average molecular weight is 606 g/mol. The molecule has 0 aromatic heterocycles. The Morgan fingerprint density at radius 2 is 1.76 bits per heavy atom. The Labute approximate surface area is 214 Å². The van der Waals surface area contributed by atoms with Gasteiger partial charge in [0.1, 0.15) is 12.6 Å². The SMILES string of the molecule is CC[C@H](C)NC(=O)[C@H](C)N(Cc1cccc(Cl)c1)C(=O)CN(c1ccc(I)cc1)S(C)(=O)=O. The summed E-state index contributed by atoms with van der Waals surface area (Å²) in [4.78, 5) is 27.7. The minimum Gasteiger partial charge on any atom is -0.352 e. The molecule has 0 aliphatic heterocycles. The van der Waals surface area contributed by atoms with Crippen LogP contribution in [0.3, 0.4) is 0 Å². The zero-order chi connectivity index (χ0) is 24.8. The Morgan fingerprint density at radius 3 is 2.30 bits per heavy atom. The molecule has 2 aromatic carbocycles. The fourth-order valence-electron chi connectivity index (χ4n) is 3.10. The average Bonchev–Trinajstić information content (AvgIpc) is 2.75. The van der Waals surface area contributed by atoms with Crippen LogP contribution in [0.1, 0.15) is 32.8 Å². The Bertz CT molecular complexity index is 1080. The van der Waals surface area contributed by atoms with Crippen molar-refractivity contribution in [3.05, 3.63) is 62.7 Å². The molecule has 0 bridgehead atoms. The van der Waals surface area contributed by atoms with Crippen LogP contribution in [-0.2, 0) is 26.2 Å². The van der Waals surface area contributed by atoms with Crippen LogP contribution >= 0.6 is 34.2 Å². The molecule has 10 heteroatoms. The summed E-state index contributed by atoms with van der Waals surface area (Å²) < 4.78 is 27.0. The van der Waals surface area contributed by atoms with Gasteiger partial charge in [0, 0.05) is 21.2 Å². The molecule has 0 spiro atoms. The molecular weight excluding hydrogens is 577 g/mol. The van der Waals surface area contributed by atoms with Crippen LogP contribution in [0.15, 0.2) is 48.5 Å². The molecule has 2 atom stereocenters. The first-order valence-electron chi connectivity index (χ1n) is 10.5. The number of benzene rings is 2. The lowest BCUT2D eigenvalue weighted by Crippen LogP contribution is -2.52. The molecule has 2 amide bonds. The molecule has 7 nitrogen and oxygen atoms in total. The van der Waals surface area contributed by atoms with E-state index in [9.17, 15) is 18.0 Å². The van der Waals surface area contributed by atoms with E-state index in [2.05, 4.69) is 27.9 Å². The molecule has 0 radical (unpaired) electrons. The molecule has 0 saturated heterocycles. The van der Waals surface area contributed by atoms with Gasteiger partial charge in [-0.1, -0.05) is 30.7 Å². The Kier molecular flexibility index (Phi) is 9.99. The highest BCUT2D eigenvalue weighted by Gasteiger charge is 2.30. The van der Waals surface area contributed by atoms with Crippen molar-refractivity contribution in [2.75, 3.05) is 17.1 Å². The molecule has 1 N–H and O–H groups in total. The second kappa shape index (κ2) is 12.0. The number of nitrogens with one attached hydrogen (secondary N) is 1. The first-order chi connectivity index (χ1) is 15.4. The van der Waals surface area contributed by atoms with E-state index in [0.29, 0.717) is 10.7 Å². The number of carbonyl (C=O) groups is 2. The summed E-state index contributed by atoms with van der Waals surface area (Å²) in [5.41, 5.74) is 1.12. The van der Waals surface area contributed by atoms with Gasteiger partial charge in [-0.05, 0) is 84.8 Å². The second-order valence-corrected chi connectivity index (χ2v) is 11.5. The van der Waals surface area contributed by atoms with Crippen molar-refractivity contribution in [3.8, 4) is 0 Å². The van der Waals surface area contributed by atoms with E-state index in [1.807, 2.05) is 13.8 Å². The number of sulfonamides is 1. The molecule has 0 fully saturated rings. The van der Waals surface area contributed by atoms with Crippen LogP contribution in [-0.4, -0.2) is 50.0 Å². The lowest BCUT2D eigenvalue weighted by atomic mass is 10.1. The lowest BCUT2D eigenvalue weighted by Gasteiger charge is -2.32. The summed E-state index contributed by atoms with van der Waals surface area (Å²) in [6, 6.07) is 13.0. The summed E-state index contributed by atoms with van der Waals surface area (Å²) in [5.74, 6) is -0.800. The number of anilines is 1. The quantitative estimate of drug-likeness (QED) is 0.414. The van der Waals surface area contributed by atoms with Crippen molar-refractivity contribution >= 4 is 61.7 Å². The van der Waals surface area contributed by atoms with Gasteiger partial charge in [0.05, 0.1) is 11.9 Å². The zero-order valence-corrected chi connectivity index (χ0v) is 22.8. The zero-order valence-electron chi connectivity index (χ0n) is 19.1. The third-order valence-corrected chi connectivity index (χ3v) is 7.30. The van der Waals surface area contributed by atoms with Crippen molar-refractivity contribution in [1.82, 2.24) is 10.2 Å². The molecule has 2 rings (SSSR count). The van der Waals surface area contributed by atoms with Gasteiger partial charge in [-0.15, -0.1) is 0 Å². The third kappa shape index (κ3) is 8.15. The van der Waals surface area contributed by atoms with Gasteiger partial charge in [0.2, 0.25) is 21.8 Å². The summed E-state index contributed by atoms with van der Waals surface area (Å²) >= 11 is 8.23. The number of halogens is 2. The number of amides is 2. The van der Waals surface area contributed by atoms with Crippen LogP contribution < -0.4 is 9.62 Å². The molecule has 0 aliphatic rings. The topological polar surface area (TPSA) is 86.8 Å². The smallest absolute Gasteiger partial charge is 0.244 e. The Hall–Kier alpha value is -1.85. The third-order valence-electron chi connectivity index (χ3n) is 5.20. The first-order valence-corrected chi connectivity index (χ1v) is 13.8. The Balaban J connectivity index is 2.37. The maximum atomic E-state index is 13.4. The molecule has 0 unspecified atom stereocenters. The van der Waals surface area contributed by atoms with Crippen LogP contribution in [0.25, 0.3) is 0 Å². The van der Waals surface area contributed by atoms with Crippen molar-refractivity contribution in [2.45, 2.75) is 45.8 Å². The molecule has 0 aliphatic carbocycles. The number of rotatable bonds is 10. The number of hydrogen-bond donors (Lipinski definition) is 1. The highest BCUT2D eigenvalue weighted by atomic mass is 127. The van der Waals surface area contributed by atoms with Crippen LogP contribution in [0.2, 0.25) is 5.02 Å². The van der Waals surface area contributed by atoms with Crippen LogP contribution in [0.5, 0.6) is 0 Å². The summed E-state index contributed by atoms with van der Waals surface area (Å²) in [6.07, 6.45) is 1.80. The van der Waals surface area contributed by atoms with E-state index in [1.54, 1.807) is 55.5 Å². The van der Waals surface area contributed by atoms with Gasteiger partial charge in [-0.25, -0.2) is 8.42 Å². The normalized spacial score (nSPS) is 13.2. The van der Waals surface area contributed by atoms with Crippen LogP contribution in [0, 0.1) is 3.57 Å². The second-order valence-electron chi connectivity index (χ2n) is 7.89. The van der Waals surface area contributed by atoms with Crippen molar-refractivity contribution < 1.29 is 18.0 Å². The van der Waals surface area contributed by atoms with Crippen molar-refractivity contribution in [3.63, 3.8) is 0 Å². The molecule has 0 saturated carbocycles. The van der Waals surface area contributed by atoms with Gasteiger partial charge in [-0.3, -0.25) is 13.9 Å². The highest BCUT2D eigenvalue weighted by molar-refractivity contribution is 14.1. The fourth-order valence-corrected chi connectivity index (χ4v) is 4.52. The molecular formula is C23H29ClIN3O4S. The minimum absolute atomic E-state index is 0.0534. The minimum atomic E-state index is -3.75. The van der Waals surface area contributed by atoms with E-state index in [4.69, 9.17) is 11.6 Å². The predicted molar refractivity (Wildman–Crippen MR) is 141 cm³/mol. The molecule has 33 heavy (non-hydrogen) atoms. The van der Waals surface area contributed by atoms with Crippen molar-refractivity contribution in [2.24, 2.45) is 0 Å². The lowest BCUT2D eigenvalue weighted by molar-refractivity contribution is -0.139. The number of nitrogens with zero attached hydrogens (tertiary/aromatic N) is 2. The standard InChI is InChI=1S/C23H29ClIN3O4S/c1-5-16(2)26-23(30)17(3)27(14-18-7-6-8-19(24)13-18)22(29)15-28(33(4,31)32)21-11-9-20(25)10-12-21/h6-13,16-17H,5,14-15H2,1-4H3,(H,26,30)/t16-,17-/m0/s1. The fraction of sp³-hybridized carbons (Fsp3) is 0.391. The molecule has 0 heterocycles. The molecule has 2 aromatic rings. The largest absolute Gasteiger partial charge is 0.352 e. The highest BCUT2D eigenvalue weighted by Crippen LogP contribution is 2.21. The first kappa shape index (κ1) is 27.4. The summed E-state index contributed by atoms with van der Waals surface area (Å²) in [7, 11) is -3.75. The van der Waals surface area contributed by atoms with Gasteiger partial charge in [0.25, 0.3) is 0 Å². The molecule has 180 valence electrons. The van der Waals surface area contributed by atoms with Gasteiger partial charge in [-0.2, -0.15) is 0 Å². The van der Waals surface area contributed by atoms with Gasteiger partial charge in [0.15, 0.2) is 0 Å². The van der Waals surface area contributed by atoms with E-state index >= 15 is 0 Å². The summed E-state index contributed by atoms with van der Waals surface area (Å²) in [5, 5.41) is 3.40. The maximum absolute atomic E-state index is 13.4. The van der Waals surface area contributed by atoms with Crippen LogP contribution in [0.4, 0.5) is 5.69 Å². The van der Waals surface area contributed by atoms with E-state index in [0.717, 1.165) is 26.1 Å². The van der Waals surface area contributed by atoms with E-state index < -0.39 is 28.5 Å². The van der Waals surface area contributed by atoms with Gasteiger partial charge >= 0.3 is 0 Å². The summed E-state index contributed by atoms with van der Waals surface area (Å²) in [6.45, 7) is 5.15. The maximum Gasteiger partial charge on any atom is 0.244 e. The number of hydrogen-bond acceptors (Lipinski definition) is 4.